The first-order valence-electron chi connectivity index (χ1n) is 8.46. The van der Waals surface area contributed by atoms with Crippen molar-refractivity contribution >= 4 is 5.96 Å². The average molecular weight is 331 g/mol. The summed E-state index contributed by atoms with van der Waals surface area (Å²) >= 11 is 0. The normalized spacial score (nSPS) is 16.5. The van der Waals surface area contributed by atoms with Crippen molar-refractivity contribution in [1.29, 1.82) is 0 Å². The second kappa shape index (κ2) is 8.49. The van der Waals surface area contributed by atoms with E-state index in [1.165, 1.54) is 0 Å². The first kappa shape index (κ1) is 16.5. The van der Waals surface area contributed by atoms with E-state index in [0.29, 0.717) is 0 Å². The molecule has 0 bridgehead atoms. The number of aliphatic imine (C=N–C) groups is 1. The zero-order chi connectivity index (χ0) is 16.6. The lowest BCUT2D eigenvalue weighted by atomic mass is 10.3. The van der Waals surface area contributed by atoms with Gasteiger partial charge >= 0.3 is 0 Å². The van der Waals surface area contributed by atoms with Gasteiger partial charge in [0.2, 0.25) is 0 Å². The average Bonchev–Trinajstić information content (AvgIpc) is 3.29. The fraction of sp³-hybridized carbons (Fsp3) is 0.562. The molecule has 8 heteroatoms. The van der Waals surface area contributed by atoms with Crippen LogP contribution in [-0.2, 0) is 13.1 Å². The van der Waals surface area contributed by atoms with Gasteiger partial charge in [0.15, 0.2) is 5.96 Å². The molecule has 3 rings (SSSR count). The van der Waals surface area contributed by atoms with Crippen LogP contribution >= 0.6 is 0 Å². The van der Waals surface area contributed by atoms with Crippen LogP contribution in [0.4, 0.5) is 0 Å². The van der Waals surface area contributed by atoms with Crippen molar-refractivity contribution in [2.24, 2.45) is 4.99 Å². The predicted octanol–water partition coefficient (Wildman–Crippen LogP) is 0.654. The van der Waals surface area contributed by atoms with Crippen molar-refractivity contribution in [2.75, 3.05) is 39.3 Å². The molecule has 1 saturated heterocycles. The molecule has 1 aliphatic heterocycles. The topological polar surface area (TPSA) is 74.7 Å². The van der Waals surface area contributed by atoms with Gasteiger partial charge in [-0.1, -0.05) is 5.16 Å². The quantitative estimate of drug-likeness (QED) is 0.619. The number of nitrogens with one attached hydrogen (secondary N) is 1. The van der Waals surface area contributed by atoms with Crippen LogP contribution in [-0.4, -0.2) is 69.7 Å². The minimum atomic E-state index is 0.748. The van der Waals surface area contributed by atoms with Crippen LogP contribution in [0.2, 0.25) is 0 Å². The predicted molar refractivity (Wildman–Crippen MR) is 91.6 cm³/mol. The second-order valence-electron chi connectivity index (χ2n) is 5.79. The third-order valence-corrected chi connectivity index (χ3v) is 4.06. The van der Waals surface area contributed by atoms with Crippen LogP contribution in [0.25, 0.3) is 0 Å². The van der Waals surface area contributed by atoms with Crippen LogP contribution in [0, 0.1) is 0 Å². The number of nitrogens with zero attached hydrogens (tertiary/aromatic N) is 6. The highest BCUT2D eigenvalue weighted by Crippen LogP contribution is 2.07. The van der Waals surface area contributed by atoms with Gasteiger partial charge in [-0.2, -0.15) is 0 Å². The van der Waals surface area contributed by atoms with Crippen molar-refractivity contribution in [3.63, 3.8) is 0 Å². The maximum absolute atomic E-state index is 4.90. The van der Waals surface area contributed by atoms with E-state index in [0.717, 1.165) is 64.0 Å². The Kier molecular flexibility index (Phi) is 5.84. The molecule has 1 N–H and O–H groups in total. The van der Waals surface area contributed by atoms with Crippen LogP contribution in [0.3, 0.4) is 0 Å². The lowest BCUT2D eigenvalue weighted by Gasteiger charge is -2.36. The van der Waals surface area contributed by atoms with E-state index in [2.05, 4.69) is 32.2 Å². The first-order chi connectivity index (χ1) is 11.8. The SMILES string of the molecule is CCNC(=NCCn1ccnc1)N1CCN(Cc2ccon2)CC1. The van der Waals surface area contributed by atoms with E-state index < -0.39 is 0 Å². The molecule has 0 atom stereocenters. The summed E-state index contributed by atoms with van der Waals surface area (Å²) in [6.07, 6.45) is 7.21. The molecule has 0 unspecified atom stereocenters. The first-order valence-corrected chi connectivity index (χ1v) is 8.46. The van der Waals surface area contributed by atoms with Gasteiger partial charge in [-0.15, -0.1) is 0 Å². The standard InChI is InChI=1S/C16H25N7O/c1-2-18-16(19-5-7-22-6-4-17-14-22)23-10-8-21(9-11-23)13-15-3-12-24-20-15/h3-4,6,12,14H,2,5,7-11,13H2,1H3,(H,18,19). The Bertz CT molecular complexity index is 600. The Balaban J connectivity index is 1.49. The summed E-state index contributed by atoms with van der Waals surface area (Å²) in [7, 11) is 0. The van der Waals surface area contributed by atoms with E-state index in [1.807, 2.05) is 23.2 Å². The summed E-state index contributed by atoms with van der Waals surface area (Å²) < 4.78 is 6.94. The highest BCUT2D eigenvalue weighted by Gasteiger charge is 2.20. The Hall–Kier alpha value is -2.35. The van der Waals surface area contributed by atoms with E-state index in [4.69, 9.17) is 9.52 Å². The Labute approximate surface area is 142 Å². The Morgan fingerprint density at radius 2 is 2.21 bits per heavy atom. The maximum Gasteiger partial charge on any atom is 0.194 e. The molecule has 130 valence electrons. The molecule has 1 aliphatic rings. The Morgan fingerprint density at radius 1 is 1.33 bits per heavy atom. The smallest absolute Gasteiger partial charge is 0.194 e. The molecular weight excluding hydrogens is 306 g/mol. The van der Waals surface area contributed by atoms with E-state index in [9.17, 15) is 0 Å². The van der Waals surface area contributed by atoms with E-state index >= 15 is 0 Å². The molecule has 24 heavy (non-hydrogen) atoms. The van der Waals surface area contributed by atoms with Crippen LogP contribution in [0.15, 0.2) is 40.6 Å². The fourth-order valence-corrected chi connectivity index (χ4v) is 2.78. The lowest BCUT2D eigenvalue weighted by molar-refractivity contribution is 0.169. The zero-order valence-electron chi connectivity index (χ0n) is 14.1. The summed E-state index contributed by atoms with van der Waals surface area (Å²) in [6, 6.07) is 1.92. The molecule has 3 heterocycles. The van der Waals surface area contributed by atoms with Gasteiger partial charge in [0, 0.05) is 64.3 Å². The van der Waals surface area contributed by atoms with Gasteiger partial charge in [-0.25, -0.2) is 4.98 Å². The van der Waals surface area contributed by atoms with E-state index in [-0.39, 0.29) is 0 Å². The van der Waals surface area contributed by atoms with Crippen LogP contribution in [0.1, 0.15) is 12.6 Å². The minimum Gasteiger partial charge on any atom is -0.364 e. The number of aromatic nitrogens is 3. The van der Waals surface area contributed by atoms with Crippen molar-refractivity contribution in [3.05, 3.63) is 36.7 Å². The number of hydrogen-bond donors (Lipinski definition) is 1. The highest BCUT2D eigenvalue weighted by molar-refractivity contribution is 5.80. The highest BCUT2D eigenvalue weighted by atomic mass is 16.5. The Morgan fingerprint density at radius 3 is 2.88 bits per heavy atom. The third-order valence-electron chi connectivity index (χ3n) is 4.06. The van der Waals surface area contributed by atoms with Crippen LogP contribution in [0.5, 0.6) is 0 Å². The van der Waals surface area contributed by atoms with Crippen molar-refractivity contribution < 1.29 is 4.52 Å². The molecule has 2 aromatic heterocycles. The van der Waals surface area contributed by atoms with E-state index in [1.54, 1.807) is 12.5 Å². The van der Waals surface area contributed by atoms with Gasteiger partial charge in [0.05, 0.1) is 18.6 Å². The summed E-state index contributed by atoms with van der Waals surface area (Å²) in [5, 5.41) is 7.38. The second-order valence-corrected chi connectivity index (χ2v) is 5.79. The monoisotopic (exact) mass is 331 g/mol. The number of guanidine groups is 1. The van der Waals surface area contributed by atoms with Gasteiger partial charge in [0.25, 0.3) is 0 Å². The van der Waals surface area contributed by atoms with Crippen LogP contribution < -0.4 is 5.32 Å². The number of rotatable bonds is 6. The molecule has 0 saturated carbocycles. The molecular formula is C16H25N7O. The fourth-order valence-electron chi connectivity index (χ4n) is 2.78. The lowest BCUT2D eigenvalue weighted by Crippen LogP contribution is -2.52. The van der Waals surface area contributed by atoms with Gasteiger partial charge in [-0.3, -0.25) is 9.89 Å². The number of hydrogen-bond acceptors (Lipinski definition) is 5. The third kappa shape index (κ3) is 4.58. The molecule has 0 amide bonds. The molecule has 0 aliphatic carbocycles. The number of piperazine rings is 1. The molecule has 0 spiro atoms. The summed E-state index contributed by atoms with van der Waals surface area (Å²) in [5.41, 5.74) is 0.990. The zero-order valence-corrected chi connectivity index (χ0v) is 14.1. The molecule has 0 aromatic carbocycles. The summed E-state index contributed by atoms with van der Waals surface area (Å²) in [5.74, 6) is 0.999. The van der Waals surface area contributed by atoms with Crippen molar-refractivity contribution in [2.45, 2.75) is 20.0 Å². The molecule has 0 radical (unpaired) electrons. The minimum absolute atomic E-state index is 0.748. The molecule has 2 aromatic rings. The molecule has 1 fully saturated rings. The number of imidazole rings is 1. The maximum atomic E-state index is 4.90. The summed E-state index contributed by atoms with van der Waals surface area (Å²) in [6.45, 7) is 9.36. The van der Waals surface area contributed by atoms with Crippen molar-refractivity contribution in [1.82, 2.24) is 29.8 Å². The largest absolute Gasteiger partial charge is 0.364 e. The molecule has 8 nitrogen and oxygen atoms in total. The van der Waals surface area contributed by atoms with Gasteiger partial charge in [-0.05, 0) is 6.92 Å². The van der Waals surface area contributed by atoms with Crippen molar-refractivity contribution in [3.8, 4) is 0 Å². The van der Waals surface area contributed by atoms with Gasteiger partial charge < -0.3 is 19.3 Å². The van der Waals surface area contributed by atoms with Gasteiger partial charge in [0.1, 0.15) is 6.26 Å². The summed E-state index contributed by atoms with van der Waals surface area (Å²) in [4.78, 5) is 13.5.